The average molecular weight is 318 g/mol. The van der Waals surface area contributed by atoms with Crippen LogP contribution >= 0.6 is 11.6 Å². The van der Waals surface area contributed by atoms with Crippen molar-refractivity contribution in [2.45, 2.75) is 52.7 Å². The van der Waals surface area contributed by atoms with Crippen LogP contribution in [0.25, 0.3) is 0 Å². The first-order valence-electron chi connectivity index (χ1n) is 7.26. The zero-order valence-corrected chi connectivity index (χ0v) is 13.4. The summed E-state index contributed by atoms with van der Waals surface area (Å²) in [5, 5.41) is 3.66. The Morgan fingerprint density at radius 2 is 2.05 bits per heavy atom. The number of benzene rings is 1. The fourth-order valence-corrected chi connectivity index (χ4v) is 3.70. The van der Waals surface area contributed by atoms with Gasteiger partial charge in [-0.05, 0) is 48.8 Å². The molecule has 2 atom stereocenters. The molecule has 118 valence electrons. The molecule has 0 amide bonds. The van der Waals surface area contributed by atoms with Gasteiger partial charge in [0.25, 0.3) is 0 Å². The maximum Gasteiger partial charge on any atom is 0.387 e. The summed E-state index contributed by atoms with van der Waals surface area (Å²) in [6.07, 6.45) is 3.42. The molecule has 0 radical (unpaired) electrons. The third-order valence-electron chi connectivity index (χ3n) is 3.91. The van der Waals surface area contributed by atoms with Crippen molar-refractivity contribution in [2.24, 2.45) is 11.3 Å². The van der Waals surface area contributed by atoms with Gasteiger partial charge in [0, 0.05) is 11.7 Å². The Labute approximate surface area is 129 Å². The lowest BCUT2D eigenvalue weighted by Gasteiger charge is -2.39. The maximum atomic E-state index is 12.2. The van der Waals surface area contributed by atoms with Crippen LogP contribution in [0.2, 0.25) is 5.02 Å². The van der Waals surface area contributed by atoms with Crippen molar-refractivity contribution in [3.05, 3.63) is 23.2 Å². The Morgan fingerprint density at radius 1 is 1.33 bits per heavy atom. The number of anilines is 1. The summed E-state index contributed by atoms with van der Waals surface area (Å²) < 4.78 is 28.8. The second-order valence-corrected chi connectivity index (χ2v) is 7.19. The highest BCUT2D eigenvalue weighted by Gasteiger charge is 2.31. The van der Waals surface area contributed by atoms with E-state index in [1.54, 1.807) is 12.1 Å². The summed E-state index contributed by atoms with van der Waals surface area (Å²) in [7, 11) is 0. The van der Waals surface area contributed by atoms with Gasteiger partial charge in [-0.15, -0.1) is 0 Å². The van der Waals surface area contributed by atoms with Crippen LogP contribution in [0.3, 0.4) is 0 Å². The van der Waals surface area contributed by atoms with Gasteiger partial charge in [0.15, 0.2) is 0 Å². The summed E-state index contributed by atoms with van der Waals surface area (Å²) in [4.78, 5) is 0. The number of hydrogen-bond acceptors (Lipinski definition) is 2. The lowest BCUT2D eigenvalue weighted by Crippen LogP contribution is -2.35. The van der Waals surface area contributed by atoms with E-state index >= 15 is 0 Å². The summed E-state index contributed by atoms with van der Waals surface area (Å²) in [6, 6.07) is 5.23. The first-order chi connectivity index (χ1) is 9.75. The van der Waals surface area contributed by atoms with E-state index in [-0.39, 0.29) is 10.8 Å². The third kappa shape index (κ3) is 4.73. The van der Waals surface area contributed by atoms with Gasteiger partial charge in [0.1, 0.15) is 5.75 Å². The Hall–Kier alpha value is -1.03. The largest absolute Gasteiger partial charge is 0.433 e. The standard InChI is InChI=1S/C16H22ClF2NO/c1-10-6-12(9-16(2,3)8-10)20-11-4-5-14(13(17)7-11)21-15(18)19/h4-5,7,10,12,15,20H,6,8-9H2,1-3H3. The van der Waals surface area contributed by atoms with Crippen molar-refractivity contribution in [1.82, 2.24) is 0 Å². The quantitative estimate of drug-likeness (QED) is 0.784. The van der Waals surface area contributed by atoms with Crippen molar-refractivity contribution >= 4 is 17.3 Å². The molecule has 5 heteroatoms. The van der Waals surface area contributed by atoms with Crippen molar-refractivity contribution < 1.29 is 13.5 Å². The zero-order chi connectivity index (χ0) is 15.6. The predicted molar refractivity (Wildman–Crippen MR) is 82.3 cm³/mol. The summed E-state index contributed by atoms with van der Waals surface area (Å²) in [6.45, 7) is 3.97. The molecule has 2 unspecified atom stereocenters. The molecular weight excluding hydrogens is 296 g/mol. The van der Waals surface area contributed by atoms with E-state index in [4.69, 9.17) is 11.6 Å². The van der Waals surface area contributed by atoms with Crippen LogP contribution in [0.4, 0.5) is 14.5 Å². The molecule has 0 aromatic heterocycles. The second-order valence-electron chi connectivity index (χ2n) is 6.78. The number of hydrogen-bond donors (Lipinski definition) is 1. The number of alkyl halides is 2. The van der Waals surface area contributed by atoms with Gasteiger partial charge >= 0.3 is 6.61 Å². The smallest absolute Gasteiger partial charge is 0.387 e. The van der Waals surface area contributed by atoms with E-state index < -0.39 is 6.61 Å². The SMILES string of the molecule is CC1CC(Nc2ccc(OC(F)F)c(Cl)c2)CC(C)(C)C1. The molecule has 1 aromatic rings. The normalized spacial score (nSPS) is 24.9. The molecule has 1 N–H and O–H groups in total. The molecule has 1 aliphatic rings. The number of rotatable bonds is 4. The minimum atomic E-state index is -2.86. The van der Waals surface area contributed by atoms with Gasteiger partial charge in [0.05, 0.1) is 5.02 Å². The third-order valence-corrected chi connectivity index (χ3v) is 4.20. The maximum absolute atomic E-state index is 12.2. The Balaban J connectivity index is 2.04. The molecule has 1 aliphatic carbocycles. The second kappa shape index (κ2) is 6.39. The van der Waals surface area contributed by atoms with E-state index in [9.17, 15) is 8.78 Å². The molecule has 0 spiro atoms. The van der Waals surface area contributed by atoms with E-state index in [0.29, 0.717) is 17.4 Å². The molecular formula is C16H22ClF2NO. The van der Waals surface area contributed by atoms with E-state index in [1.165, 1.54) is 12.5 Å². The van der Waals surface area contributed by atoms with Crippen LogP contribution in [-0.4, -0.2) is 12.7 Å². The lowest BCUT2D eigenvalue weighted by molar-refractivity contribution is -0.0497. The van der Waals surface area contributed by atoms with Crippen molar-refractivity contribution in [1.29, 1.82) is 0 Å². The van der Waals surface area contributed by atoms with Gasteiger partial charge in [0.2, 0.25) is 0 Å². The highest BCUT2D eigenvalue weighted by molar-refractivity contribution is 6.32. The summed E-state index contributed by atoms with van der Waals surface area (Å²) in [5.74, 6) is 0.678. The first-order valence-corrected chi connectivity index (χ1v) is 7.64. The van der Waals surface area contributed by atoms with Crippen molar-refractivity contribution in [3.63, 3.8) is 0 Å². The fraction of sp³-hybridized carbons (Fsp3) is 0.625. The number of halogens is 3. The Morgan fingerprint density at radius 3 is 2.62 bits per heavy atom. The number of ether oxygens (including phenoxy) is 1. The minimum Gasteiger partial charge on any atom is -0.433 e. The van der Waals surface area contributed by atoms with Crippen LogP contribution in [0.15, 0.2) is 18.2 Å². The number of nitrogens with one attached hydrogen (secondary N) is 1. The van der Waals surface area contributed by atoms with Gasteiger partial charge in [-0.25, -0.2) is 0 Å². The predicted octanol–water partition coefficient (Wildman–Crippen LogP) is 5.57. The average Bonchev–Trinajstić information content (AvgIpc) is 2.29. The molecule has 1 fully saturated rings. The monoisotopic (exact) mass is 317 g/mol. The van der Waals surface area contributed by atoms with Gasteiger partial charge < -0.3 is 10.1 Å². The van der Waals surface area contributed by atoms with Crippen LogP contribution in [0, 0.1) is 11.3 Å². The van der Waals surface area contributed by atoms with Gasteiger partial charge in [-0.2, -0.15) is 8.78 Å². The minimum absolute atomic E-state index is 0.00885. The van der Waals surface area contributed by atoms with Crippen molar-refractivity contribution in [3.8, 4) is 5.75 Å². The van der Waals surface area contributed by atoms with Crippen LogP contribution in [0.1, 0.15) is 40.0 Å². The van der Waals surface area contributed by atoms with Crippen molar-refractivity contribution in [2.75, 3.05) is 5.32 Å². The molecule has 1 saturated carbocycles. The molecule has 2 nitrogen and oxygen atoms in total. The molecule has 0 heterocycles. The van der Waals surface area contributed by atoms with E-state index in [2.05, 4.69) is 30.8 Å². The summed E-state index contributed by atoms with van der Waals surface area (Å²) in [5.41, 5.74) is 1.16. The highest BCUT2D eigenvalue weighted by Crippen LogP contribution is 2.40. The van der Waals surface area contributed by atoms with Crippen LogP contribution < -0.4 is 10.1 Å². The highest BCUT2D eigenvalue weighted by atomic mass is 35.5. The molecule has 21 heavy (non-hydrogen) atoms. The van der Waals surface area contributed by atoms with E-state index in [0.717, 1.165) is 18.5 Å². The van der Waals surface area contributed by atoms with Crippen LogP contribution in [0.5, 0.6) is 5.75 Å². The van der Waals surface area contributed by atoms with Gasteiger partial charge in [-0.1, -0.05) is 32.4 Å². The molecule has 0 bridgehead atoms. The Kier molecular flexibility index (Phi) is 4.97. The topological polar surface area (TPSA) is 21.3 Å². The zero-order valence-electron chi connectivity index (χ0n) is 12.6. The molecule has 0 aliphatic heterocycles. The van der Waals surface area contributed by atoms with Crippen LogP contribution in [-0.2, 0) is 0 Å². The van der Waals surface area contributed by atoms with Gasteiger partial charge in [-0.3, -0.25) is 0 Å². The Bertz CT molecular complexity index is 493. The van der Waals surface area contributed by atoms with E-state index in [1.807, 2.05) is 0 Å². The molecule has 1 aromatic carbocycles. The lowest BCUT2D eigenvalue weighted by atomic mass is 9.70. The molecule has 2 rings (SSSR count). The fourth-order valence-electron chi connectivity index (χ4n) is 3.47. The first kappa shape index (κ1) is 16.3. The molecule has 0 saturated heterocycles. The summed E-state index contributed by atoms with van der Waals surface area (Å²) >= 11 is 5.98.